The first kappa shape index (κ1) is 17.5. The highest BCUT2D eigenvalue weighted by molar-refractivity contribution is 5.80. The second kappa shape index (κ2) is 8.20. The molecule has 0 radical (unpaired) electrons. The van der Waals surface area contributed by atoms with Crippen molar-refractivity contribution in [2.45, 2.75) is 12.8 Å². The van der Waals surface area contributed by atoms with Crippen LogP contribution in [-0.2, 0) is 14.3 Å². The van der Waals surface area contributed by atoms with E-state index in [1.54, 1.807) is 7.11 Å². The zero-order valence-electron chi connectivity index (χ0n) is 14.6. The number of hydrogen-bond donors (Lipinski definition) is 1. The van der Waals surface area contributed by atoms with Crippen LogP contribution in [0.4, 0.5) is 11.4 Å². The van der Waals surface area contributed by atoms with Gasteiger partial charge in [-0.05, 0) is 25.0 Å². The van der Waals surface area contributed by atoms with Gasteiger partial charge in [0.15, 0.2) is 0 Å². The van der Waals surface area contributed by atoms with E-state index in [1.807, 2.05) is 23.1 Å². The summed E-state index contributed by atoms with van der Waals surface area (Å²) >= 11 is 0. The molecule has 0 bridgehead atoms. The third-order valence-corrected chi connectivity index (χ3v) is 4.93. The van der Waals surface area contributed by atoms with E-state index in [0.29, 0.717) is 44.2 Å². The number of methoxy groups -OCH3 is 1. The monoisotopic (exact) mass is 347 g/mol. The minimum Gasteiger partial charge on any atom is -0.494 e. The Labute approximate surface area is 147 Å². The number of carbonyl (C=O) groups excluding carboxylic acids is 2. The Bertz CT molecular complexity index is 608. The molecule has 0 saturated carbocycles. The molecule has 2 heterocycles. The summed E-state index contributed by atoms with van der Waals surface area (Å²) in [5.41, 5.74) is 1.70. The van der Waals surface area contributed by atoms with Gasteiger partial charge in [0.1, 0.15) is 5.75 Å². The van der Waals surface area contributed by atoms with E-state index in [4.69, 9.17) is 9.47 Å². The Morgan fingerprint density at radius 2 is 1.96 bits per heavy atom. The average Bonchev–Trinajstić information content (AvgIpc) is 2.69. The van der Waals surface area contributed by atoms with Crippen molar-refractivity contribution in [3.8, 4) is 5.75 Å². The van der Waals surface area contributed by atoms with Crippen LogP contribution < -0.4 is 15.0 Å². The van der Waals surface area contributed by atoms with Crippen molar-refractivity contribution in [3.63, 3.8) is 0 Å². The molecule has 2 amide bonds. The van der Waals surface area contributed by atoms with Crippen molar-refractivity contribution in [1.29, 1.82) is 0 Å². The summed E-state index contributed by atoms with van der Waals surface area (Å²) in [7, 11) is 1.59. The van der Waals surface area contributed by atoms with Gasteiger partial charge in [0.25, 0.3) is 0 Å². The number of ether oxygens (including phenoxy) is 2. The number of hydrogen-bond acceptors (Lipinski definition) is 5. The summed E-state index contributed by atoms with van der Waals surface area (Å²) in [6.07, 6.45) is 2.35. The Kier molecular flexibility index (Phi) is 5.75. The summed E-state index contributed by atoms with van der Waals surface area (Å²) in [5, 5.41) is 2.63. The van der Waals surface area contributed by atoms with Crippen molar-refractivity contribution in [2.75, 3.05) is 56.7 Å². The number of nitrogens with zero attached hydrogens (tertiary/aromatic N) is 2. The van der Waals surface area contributed by atoms with Gasteiger partial charge in [-0.2, -0.15) is 0 Å². The molecule has 7 nitrogen and oxygen atoms in total. The summed E-state index contributed by atoms with van der Waals surface area (Å²) in [4.78, 5) is 27.4. The third kappa shape index (κ3) is 4.04. The van der Waals surface area contributed by atoms with Crippen LogP contribution in [0.1, 0.15) is 12.8 Å². The molecule has 3 rings (SSSR count). The third-order valence-electron chi connectivity index (χ3n) is 4.93. The maximum absolute atomic E-state index is 12.6. The zero-order valence-corrected chi connectivity index (χ0v) is 14.6. The molecule has 2 saturated heterocycles. The summed E-state index contributed by atoms with van der Waals surface area (Å²) in [5.74, 6) is 1.01. The van der Waals surface area contributed by atoms with Crippen molar-refractivity contribution in [2.24, 2.45) is 5.92 Å². The molecule has 0 aromatic heterocycles. The number of piperidine rings is 1. The molecule has 2 aliphatic rings. The number of anilines is 2. The minimum atomic E-state index is 0.104. The van der Waals surface area contributed by atoms with E-state index in [2.05, 4.69) is 10.2 Å². The van der Waals surface area contributed by atoms with Crippen molar-refractivity contribution in [3.05, 3.63) is 18.2 Å². The van der Waals surface area contributed by atoms with Crippen LogP contribution >= 0.6 is 0 Å². The van der Waals surface area contributed by atoms with Crippen LogP contribution in [0.5, 0.6) is 5.75 Å². The zero-order chi connectivity index (χ0) is 17.6. The Balaban J connectivity index is 1.60. The first-order valence-corrected chi connectivity index (χ1v) is 8.72. The molecule has 0 atom stereocenters. The molecule has 0 aliphatic carbocycles. The molecule has 136 valence electrons. The highest BCUT2D eigenvalue weighted by Gasteiger charge is 2.29. The Morgan fingerprint density at radius 3 is 2.60 bits per heavy atom. The van der Waals surface area contributed by atoms with Crippen LogP contribution in [0.25, 0.3) is 0 Å². The van der Waals surface area contributed by atoms with Gasteiger partial charge in [0.05, 0.1) is 26.0 Å². The normalized spacial score (nSPS) is 18.8. The van der Waals surface area contributed by atoms with E-state index in [0.717, 1.165) is 31.6 Å². The van der Waals surface area contributed by atoms with E-state index in [9.17, 15) is 9.59 Å². The van der Waals surface area contributed by atoms with Crippen LogP contribution in [0.15, 0.2) is 18.2 Å². The minimum absolute atomic E-state index is 0.104. The molecule has 7 heteroatoms. The molecule has 0 unspecified atom stereocenters. The fourth-order valence-corrected chi connectivity index (χ4v) is 3.49. The van der Waals surface area contributed by atoms with Gasteiger partial charge in [0.2, 0.25) is 12.3 Å². The predicted molar refractivity (Wildman–Crippen MR) is 95.0 cm³/mol. The fourth-order valence-electron chi connectivity index (χ4n) is 3.49. The molecule has 2 aliphatic heterocycles. The predicted octanol–water partition coefficient (Wildman–Crippen LogP) is 1.34. The van der Waals surface area contributed by atoms with Gasteiger partial charge < -0.3 is 24.6 Å². The smallest absolute Gasteiger partial charge is 0.225 e. The number of morpholine rings is 1. The molecular weight excluding hydrogens is 322 g/mol. The van der Waals surface area contributed by atoms with E-state index in [1.165, 1.54) is 0 Å². The Morgan fingerprint density at radius 1 is 1.24 bits per heavy atom. The number of rotatable bonds is 5. The first-order valence-electron chi connectivity index (χ1n) is 8.72. The number of benzene rings is 1. The van der Waals surface area contributed by atoms with Gasteiger partial charge in [0, 0.05) is 43.9 Å². The Hall–Kier alpha value is -2.28. The topological polar surface area (TPSA) is 71.1 Å². The van der Waals surface area contributed by atoms with Crippen LogP contribution in [0.2, 0.25) is 0 Å². The largest absolute Gasteiger partial charge is 0.494 e. The first-order chi connectivity index (χ1) is 12.2. The molecule has 0 spiro atoms. The van der Waals surface area contributed by atoms with Gasteiger partial charge in [-0.3, -0.25) is 9.59 Å². The SMILES string of the molecule is COc1cc(N2CCC(C(=O)N3CCOCC3)CC2)ccc1NC=O. The average molecular weight is 347 g/mol. The number of amides is 2. The van der Waals surface area contributed by atoms with Crippen molar-refractivity contribution >= 4 is 23.7 Å². The van der Waals surface area contributed by atoms with Gasteiger partial charge in [-0.15, -0.1) is 0 Å². The molecule has 1 N–H and O–H groups in total. The molecule has 1 aromatic carbocycles. The van der Waals surface area contributed by atoms with Gasteiger partial charge in [-0.1, -0.05) is 0 Å². The lowest BCUT2D eigenvalue weighted by Gasteiger charge is -2.36. The number of carbonyl (C=O) groups is 2. The lowest BCUT2D eigenvalue weighted by atomic mass is 9.94. The van der Waals surface area contributed by atoms with E-state index < -0.39 is 0 Å². The number of nitrogens with one attached hydrogen (secondary N) is 1. The molecule has 25 heavy (non-hydrogen) atoms. The second-order valence-electron chi connectivity index (χ2n) is 6.35. The van der Waals surface area contributed by atoms with Crippen LogP contribution in [0, 0.1) is 5.92 Å². The molecular formula is C18H25N3O4. The lowest BCUT2D eigenvalue weighted by molar-refractivity contribution is -0.140. The molecule has 1 aromatic rings. The van der Waals surface area contributed by atoms with Crippen molar-refractivity contribution < 1.29 is 19.1 Å². The summed E-state index contributed by atoms with van der Waals surface area (Å²) in [6, 6.07) is 5.74. The standard InChI is InChI=1S/C18H25N3O4/c1-24-17-12-15(2-3-16(17)19-13-22)20-6-4-14(5-7-20)18(23)21-8-10-25-11-9-21/h2-3,12-14H,4-11H2,1H3,(H,19,22). The summed E-state index contributed by atoms with van der Waals surface area (Å²) < 4.78 is 10.7. The summed E-state index contributed by atoms with van der Waals surface area (Å²) in [6.45, 7) is 4.38. The highest BCUT2D eigenvalue weighted by Crippen LogP contribution is 2.32. The fraction of sp³-hybridized carbons (Fsp3) is 0.556. The van der Waals surface area contributed by atoms with Gasteiger partial charge >= 0.3 is 0 Å². The lowest BCUT2D eigenvalue weighted by Crippen LogP contribution is -2.46. The quantitative estimate of drug-likeness (QED) is 0.814. The molecule has 2 fully saturated rings. The van der Waals surface area contributed by atoms with Gasteiger partial charge in [-0.25, -0.2) is 0 Å². The maximum atomic E-state index is 12.6. The van der Waals surface area contributed by atoms with Crippen LogP contribution in [-0.4, -0.2) is 63.7 Å². The van der Waals surface area contributed by atoms with E-state index >= 15 is 0 Å². The van der Waals surface area contributed by atoms with Crippen molar-refractivity contribution in [1.82, 2.24) is 4.90 Å². The van der Waals surface area contributed by atoms with Crippen LogP contribution in [0.3, 0.4) is 0 Å². The maximum Gasteiger partial charge on any atom is 0.225 e. The highest BCUT2D eigenvalue weighted by atomic mass is 16.5. The second-order valence-corrected chi connectivity index (χ2v) is 6.35. The van der Waals surface area contributed by atoms with E-state index in [-0.39, 0.29) is 11.8 Å².